The summed E-state index contributed by atoms with van der Waals surface area (Å²) in [5.41, 5.74) is 6.41. The number of hydrazone groups is 1. The van der Waals surface area contributed by atoms with Crippen LogP contribution in [0.5, 0.6) is 0 Å². The molecule has 0 bridgehead atoms. The van der Waals surface area contributed by atoms with Crippen LogP contribution in [-0.2, 0) is 10.0 Å². The van der Waals surface area contributed by atoms with E-state index in [1.165, 1.54) is 18.3 Å². The number of nitrogens with one attached hydrogen (secondary N) is 2. The van der Waals surface area contributed by atoms with Crippen LogP contribution in [0.4, 0.5) is 22.7 Å². The molecule has 172 valence electrons. The van der Waals surface area contributed by atoms with Gasteiger partial charge in [0.15, 0.2) is 0 Å². The molecule has 0 spiro atoms. The normalized spacial score (nSPS) is 11.4. The van der Waals surface area contributed by atoms with E-state index in [0.717, 1.165) is 28.4 Å². The Bertz CT molecular complexity index is 1300. The molecule has 0 radical (unpaired) electrons. The van der Waals surface area contributed by atoms with Gasteiger partial charge in [0.25, 0.3) is 15.7 Å². The minimum Gasteiger partial charge on any atom is -0.378 e. The second kappa shape index (κ2) is 9.70. The molecule has 0 saturated heterocycles. The zero-order chi connectivity index (χ0) is 24.2. The summed E-state index contributed by atoms with van der Waals surface area (Å²) >= 11 is 0. The first-order valence-corrected chi connectivity index (χ1v) is 11.5. The van der Waals surface area contributed by atoms with E-state index in [1.54, 1.807) is 19.1 Å². The lowest BCUT2D eigenvalue weighted by atomic mass is 10.1. The van der Waals surface area contributed by atoms with Gasteiger partial charge in [0.2, 0.25) is 0 Å². The zero-order valence-electron chi connectivity index (χ0n) is 18.7. The van der Waals surface area contributed by atoms with E-state index in [4.69, 9.17) is 0 Å². The molecular formula is C23H25N5O4S. The molecule has 3 rings (SSSR count). The zero-order valence-corrected chi connectivity index (χ0v) is 19.6. The van der Waals surface area contributed by atoms with Gasteiger partial charge in [-0.15, -0.1) is 0 Å². The van der Waals surface area contributed by atoms with Crippen LogP contribution in [0, 0.1) is 24.0 Å². The van der Waals surface area contributed by atoms with Crippen molar-refractivity contribution in [1.82, 2.24) is 0 Å². The molecule has 9 nitrogen and oxygen atoms in total. The molecular weight excluding hydrogens is 442 g/mol. The Kier molecular flexibility index (Phi) is 6.98. The second-order valence-electron chi connectivity index (χ2n) is 7.72. The molecule has 2 N–H and O–H groups in total. The van der Waals surface area contributed by atoms with Crippen LogP contribution in [-0.4, -0.2) is 33.7 Å². The number of aryl methyl sites for hydroxylation is 2. The number of nitrogens with zero attached hydrogens (tertiary/aromatic N) is 3. The number of hydrogen-bond donors (Lipinski definition) is 2. The maximum Gasteiger partial charge on any atom is 0.270 e. The lowest BCUT2D eigenvalue weighted by molar-refractivity contribution is -0.385. The summed E-state index contributed by atoms with van der Waals surface area (Å²) in [4.78, 5) is 12.3. The van der Waals surface area contributed by atoms with Gasteiger partial charge < -0.3 is 4.90 Å². The van der Waals surface area contributed by atoms with E-state index in [9.17, 15) is 18.5 Å². The van der Waals surface area contributed by atoms with Gasteiger partial charge in [0.1, 0.15) is 4.90 Å². The number of benzene rings is 3. The summed E-state index contributed by atoms with van der Waals surface area (Å²) in [7, 11) is -0.266. The van der Waals surface area contributed by atoms with Crippen LogP contribution in [0.1, 0.15) is 16.7 Å². The van der Waals surface area contributed by atoms with Gasteiger partial charge >= 0.3 is 0 Å². The molecule has 0 amide bonds. The van der Waals surface area contributed by atoms with Gasteiger partial charge in [0, 0.05) is 31.9 Å². The fourth-order valence-electron chi connectivity index (χ4n) is 3.10. The number of anilines is 3. The van der Waals surface area contributed by atoms with Crippen molar-refractivity contribution in [3.8, 4) is 0 Å². The largest absolute Gasteiger partial charge is 0.378 e. The quantitative estimate of drug-likeness (QED) is 0.286. The molecule has 0 aliphatic carbocycles. The SMILES string of the molecule is Cc1ccc(NS(=O)(=O)c2cc([N+](=O)[O-])ccc2NN=Cc2ccc(N(C)C)cc2)c(C)c1. The Balaban J connectivity index is 1.91. The summed E-state index contributed by atoms with van der Waals surface area (Å²) in [5.74, 6) is 0. The van der Waals surface area contributed by atoms with E-state index < -0.39 is 14.9 Å². The van der Waals surface area contributed by atoms with Crippen LogP contribution in [0.25, 0.3) is 0 Å². The first kappa shape index (κ1) is 23.7. The van der Waals surface area contributed by atoms with E-state index in [-0.39, 0.29) is 16.3 Å². The molecule has 33 heavy (non-hydrogen) atoms. The molecule has 0 saturated carbocycles. The van der Waals surface area contributed by atoms with Gasteiger partial charge in [-0.25, -0.2) is 8.42 Å². The highest BCUT2D eigenvalue weighted by Crippen LogP contribution is 2.29. The fraction of sp³-hybridized carbons (Fsp3) is 0.174. The predicted octanol–water partition coefficient (Wildman–Crippen LogP) is 4.52. The van der Waals surface area contributed by atoms with Crippen molar-refractivity contribution in [3.05, 3.63) is 87.5 Å². The minimum absolute atomic E-state index is 0.110. The molecule has 0 heterocycles. The Morgan fingerprint density at radius 3 is 2.24 bits per heavy atom. The Hall–Kier alpha value is -3.92. The number of rotatable bonds is 8. The lowest BCUT2D eigenvalue weighted by Gasteiger charge is -2.14. The number of nitro groups is 1. The van der Waals surface area contributed by atoms with Crippen molar-refractivity contribution < 1.29 is 13.3 Å². The second-order valence-corrected chi connectivity index (χ2v) is 9.37. The van der Waals surface area contributed by atoms with E-state index >= 15 is 0 Å². The summed E-state index contributed by atoms with van der Waals surface area (Å²) in [5, 5.41) is 15.4. The molecule has 0 atom stereocenters. The third kappa shape index (κ3) is 5.86. The summed E-state index contributed by atoms with van der Waals surface area (Å²) in [6, 6.07) is 16.4. The average molecular weight is 468 g/mol. The maximum atomic E-state index is 13.1. The van der Waals surface area contributed by atoms with Crippen molar-refractivity contribution in [2.24, 2.45) is 5.10 Å². The summed E-state index contributed by atoms with van der Waals surface area (Å²) < 4.78 is 28.8. The highest BCUT2D eigenvalue weighted by molar-refractivity contribution is 7.92. The van der Waals surface area contributed by atoms with Crippen molar-refractivity contribution in [2.75, 3.05) is 29.1 Å². The van der Waals surface area contributed by atoms with Crippen LogP contribution in [0.3, 0.4) is 0 Å². The topological polar surface area (TPSA) is 117 Å². The monoisotopic (exact) mass is 467 g/mol. The van der Waals surface area contributed by atoms with E-state index in [2.05, 4.69) is 15.2 Å². The molecule has 0 aliphatic heterocycles. The third-order valence-electron chi connectivity index (χ3n) is 4.90. The van der Waals surface area contributed by atoms with Crippen LogP contribution < -0.4 is 15.0 Å². The summed E-state index contributed by atoms with van der Waals surface area (Å²) in [6.07, 6.45) is 1.54. The minimum atomic E-state index is -4.14. The van der Waals surface area contributed by atoms with Crippen LogP contribution >= 0.6 is 0 Å². The number of nitro benzene ring substituents is 1. The van der Waals surface area contributed by atoms with Crippen molar-refractivity contribution in [1.29, 1.82) is 0 Å². The molecule has 0 unspecified atom stereocenters. The van der Waals surface area contributed by atoms with Gasteiger partial charge in [-0.05, 0) is 49.2 Å². The molecule has 10 heteroatoms. The van der Waals surface area contributed by atoms with E-state index in [0.29, 0.717) is 5.69 Å². The van der Waals surface area contributed by atoms with Crippen molar-refractivity contribution in [3.63, 3.8) is 0 Å². The van der Waals surface area contributed by atoms with Crippen molar-refractivity contribution >= 4 is 39.0 Å². The Morgan fingerprint density at radius 1 is 0.970 bits per heavy atom. The molecule has 3 aromatic carbocycles. The molecule has 0 aromatic heterocycles. The van der Waals surface area contributed by atoms with Gasteiger partial charge in [0.05, 0.1) is 22.5 Å². The predicted molar refractivity (Wildman–Crippen MR) is 132 cm³/mol. The lowest BCUT2D eigenvalue weighted by Crippen LogP contribution is -2.16. The Labute approximate surface area is 193 Å². The highest BCUT2D eigenvalue weighted by Gasteiger charge is 2.23. The number of hydrogen-bond acceptors (Lipinski definition) is 7. The maximum absolute atomic E-state index is 13.1. The third-order valence-corrected chi connectivity index (χ3v) is 6.31. The van der Waals surface area contributed by atoms with E-state index in [1.807, 2.05) is 56.3 Å². The van der Waals surface area contributed by atoms with Crippen LogP contribution in [0.15, 0.2) is 70.7 Å². The van der Waals surface area contributed by atoms with Gasteiger partial charge in [-0.3, -0.25) is 20.3 Å². The molecule has 0 fully saturated rings. The first-order valence-electron chi connectivity index (χ1n) is 10.0. The van der Waals surface area contributed by atoms with Gasteiger partial charge in [-0.2, -0.15) is 5.10 Å². The average Bonchev–Trinajstić information content (AvgIpc) is 2.76. The van der Waals surface area contributed by atoms with Gasteiger partial charge in [-0.1, -0.05) is 29.8 Å². The van der Waals surface area contributed by atoms with Crippen LogP contribution in [0.2, 0.25) is 0 Å². The smallest absolute Gasteiger partial charge is 0.270 e. The van der Waals surface area contributed by atoms with Crippen molar-refractivity contribution in [2.45, 2.75) is 18.7 Å². The number of non-ortho nitro benzene ring substituents is 1. The number of sulfonamides is 1. The highest BCUT2D eigenvalue weighted by atomic mass is 32.2. The standard InChI is InChI=1S/C23H25N5O4S/c1-16-5-11-21(17(2)13-16)26-33(31,32)23-14-20(28(29)30)10-12-22(23)25-24-15-18-6-8-19(9-7-18)27(3)4/h5-15,25-26H,1-4H3. The molecule has 0 aliphatic rings. The summed E-state index contributed by atoms with van der Waals surface area (Å²) in [6.45, 7) is 3.68. The fourth-order valence-corrected chi connectivity index (χ4v) is 4.41. The first-order chi connectivity index (χ1) is 15.6. The Morgan fingerprint density at radius 2 is 1.64 bits per heavy atom. The molecule has 3 aromatic rings.